The largest absolute Gasteiger partial charge is 0.480 e. The highest BCUT2D eigenvalue weighted by Crippen LogP contribution is 2.22. The summed E-state index contributed by atoms with van der Waals surface area (Å²) in [6.07, 6.45) is 7.30. The van der Waals surface area contributed by atoms with Gasteiger partial charge in [-0.05, 0) is 17.6 Å². The van der Waals surface area contributed by atoms with Crippen molar-refractivity contribution in [2.45, 2.75) is 24.9 Å². The van der Waals surface area contributed by atoms with Crippen molar-refractivity contribution >= 4 is 34.7 Å². The summed E-state index contributed by atoms with van der Waals surface area (Å²) >= 11 is 0. The van der Waals surface area contributed by atoms with Crippen LogP contribution in [0.3, 0.4) is 0 Å². The zero-order valence-corrected chi connectivity index (χ0v) is 17.8. The van der Waals surface area contributed by atoms with Crippen LogP contribution in [0.4, 0.5) is 0 Å². The Hall–Kier alpha value is -3.18. The number of carbonyl (C=O) groups is 2. The smallest absolute Gasteiger partial charge is 0.326 e. The standard InChI is InChI=1S/C20H25BN4O5S/c1-5-13(11-14(6-2)15(7-3)18(22)23-8-4)12-17(20(27)28)25-10-9-16(19(25)26)24-31(21,29)30/h5-8,11,16-17,24H,1-4,9-10,12H2,(H2,22,23)(H,27,28)/b13-11+,15-14+. The second-order valence-corrected chi connectivity index (χ2v) is 7.82. The minimum Gasteiger partial charge on any atom is -0.480 e. The average molecular weight is 444 g/mol. The zero-order chi connectivity index (χ0) is 23.8. The van der Waals surface area contributed by atoms with E-state index >= 15 is 0 Å². The topological polar surface area (TPSA) is 142 Å². The molecule has 0 aromatic rings. The molecule has 1 heterocycles. The Morgan fingerprint density at radius 1 is 1.32 bits per heavy atom. The Bertz CT molecular complexity index is 982. The average Bonchev–Trinajstić information content (AvgIpc) is 3.02. The number of hydrogen-bond acceptors (Lipinski definition) is 5. The summed E-state index contributed by atoms with van der Waals surface area (Å²) in [4.78, 5) is 29.5. The molecule has 0 bridgehead atoms. The summed E-state index contributed by atoms with van der Waals surface area (Å²) < 4.78 is 24.5. The molecule has 0 aliphatic carbocycles. The molecule has 2 atom stereocenters. The Balaban J connectivity index is 3.27. The molecule has 1 saturated heterocycles. The van der Waals surface area contributed by atoms with Gasteiger partial charge in [0.15, 0.2) is 0 Å². The number of nitrogens with zero attached hydrogens (tertiary/aromatic N) is 2. The van der Waals surface area contributed by atoms with E-state index in [4.69, 9.17) is 12.9 Å². The van der Waals surface area contributed by atoms with Crippen molar-refractivity contribution in [3.05, 3.63) is 73.5 Å². The van der Waals surface area contributed by atoms with Crippen molar-refractivity contribution < 1.29 is 23.1 Å². The third-order valence-electron chi connectivity index (χ3n) is 4.48. The number of rotatable bonds is 12. The predicted molar refractivity (Wildman–Crippen MR) is 121 cm³/mol. The van der Waals surface area contributed by atoms with Crippen molar-refractivity contribution in [3.8, 4) is 0 Å². The molecule has 0 aromatic carbocycles. The normalized spacial score (nSPS) is 19.4. The van der Waals surface area contributed by atoms with Gasteiger partial charge in [-0.15, -0.1) is 0 Å². The van der Waals surface area contributed by atoms with Crippen molar-refractivity contribution in [2.24, 2.45) is 10.7 Å². The van der Waals surface area contributed by atoms with Crippen molar-refractivity contribution in [1.29, 1.82) is 0 Å². The third-order valence-corrected chi connectivity index (χ3v) is 5.09. The van der Waals surface area contributed by atoms with E-state index in [1.54, 1.807) is 6.08 Å². The van der Waals surface area contributed by atoms with Crippen LogP contribution in [0.15, 0.2) is 78.5 Å². The second kappa shape index (κ2) is 11.3. The Morgan fingerprint density at radius 3 is 2.42 bits per heavy atom. The molecule has 1 aliphatic rings. The second-order valence-electron chi connectivity index (χ2n) is 6.49. The van der Waals surface area contributed by atoms with Gasteiger partial charge in [0.2, 0.25) is 5.91 Å². The summed E-state index contributed by atoms with van der Waals surface area (Å²) in [7, 11) is 0.810. The van der Waals surface area contributed by atoms with Crippen molar-refractivity contribution in [2.75, 3.05) is 6.54 Å². The number of carboxylic acids is 1. The fraction of sp³-hybridized carbons (Fsp3) is 0.250. The van der Waals surface area contributed by atoms with Crippen LogP contribution in [-0.4, -0.2) is 61.9 Å². The highest BCUT2D eigenvalue weighted by molar-refractivity contribution is 8.10. The number of carbonyl (C=O) groups excluding carboxylic acids is 1. The van der Waals surface area contributed by atoms with Crippen LogP contribution >= 0.6 is 0 Å². The number of amidine groups is 1. The van der Waals surface area contributed by atoms with Gasteiger partial charge in [0.25, 0.3) is 7.12 Å². The number of nitrogens with two attached hydrogens (primary N) is 1. The first-order valence-corrected chi connectivity index (χ1v) is 10.6. The van der Waals surface area contributed by atoms with Gasteiger partial charge in [0.1, 0.15) is 27.8 Å². The maximum absolute atomic E-state index is 12.5. The highest BCUT2D eigenvalue weighted by atomic mass is 32.2. The molecule has 9 nitrogen and oxygen atoms in total. The first-order chi connectivity index (χ1) is 14.5. The molecular formula is C20H25BN4O5S. The maximum Gasteiger partial charge on any atom is 0.326 e. The van der Waals surface area contributed by atoms with Crippen molar-refractivity contribution in [3.63, 3.8) is 0 Å². The van der Waals surface area contributed by atoms with Gasteiger partial charge in [-0.3, -0.25) is 4.79 Å². The van der Waals surface area contributed by atoms with Gasteiger partial charge in [-0.1, -0.05) is 50.6 Å². The lowest BCUT2D eigenvalue weighted by Crippen LogP contribution is -2.47. The van der Waals surface area contributed by atoms with E-state index in [2.05, 4.69) is 31.3 Å². The van der Waals surface area contributed by atoms with E-state index in [0.717, 1.165) is 4.90 Å². The fourth-order valence-corrected chi connectivity index (χ4v) is 3.67. The molecule has 1 rings (SSSR count). The fourth-order valence-electron chi connectivity index (χ4n) is 3.06. The number of amides is 1. The van der Waals surface area contributed by atoms with Gasteiger partial charge in [0.05, 0.1) is 0 Å². The Labute approximate surface area is 183 Å². The SMILES string of the molecule is [B]S(=O)(=O)NC1CCN(C(C/C(C=C)=C/C(C=C)=C(\C=C)C(N)=NC=C)C(=O)O)C1=O. The molecule has 11 heteroatoms. The van der Waals surface area contributed by atoms with E-state index in [0.29, 0.717) is 16.7 Å². The van der Waals surface area contributed by atoms with Gasteiger partial charge in [0, 0.05) is 24.7 Å². The van der Waals surface area contributed by atoms with E-state index in [1.807, 2.05) is 4.72 Å². The number of carboxylic acid groups (broad SMARTS) is 1. The molecule has 4 N–H and O–H groups in total. The van der Waals surface area contributed by atoms with Crippen LogP contribution in [0, 0.1) is 0 Å². The molecular weight excluding hydrogens is 419 g/mol. The first-order valence-electron chi connectivity index (χ1n) is 9.09. The van der Waals surface area contributed by atoms with Gasteiger partial charge >= 0.3 is 5.97 Å². The molecule has 1 amide bonds. The summed E-state index contributed by atoms with van der Waals surface area (Å²) in [6.45, 7) is 14.7. The number of allylic oxidation sites excluding steroid dienone is 4. The van der Waals surface area contributed by atoms with E-state index < -0.39 is 33.8 Å². The lowest BCUT2D eigenvalue weighted by molar-refractivity contribution is -0.148. The molecule has 31 heavy (non-hydrogen) atoms. The molecule has 2 radical (unpaired) electrons. The Kier molecular flexibility index (Phi) is 9.41. The molecule has 164 valence electrons. The van der Waals surface area contributed by atoms with Crippen LogP contribution in [0.1, 0.15) is 12.8 Å². The first kappa shape index (κ1) is 25.9. The maximum atomic E-state index is 12.5. The third kappa shape index (κ3) is 7.23. The lowest BCUT2D eigenvalue weighted by atomic mass is 9.99. The van der Waals surface area contributed by atoms with E-state index in [9.17, 15) is 23.1 Å². The van der Waals surface area contributed by atoms with Crippen LogP contribution in [0.2, 0.25) is 0 Å². The molecule has 1 aliphatic heterocycles. The number of hydrogen-bond donors (Lipinski definition) is 3. The molecule has 0 saturated carbocycles. The van der Waals surface area contributed by atoms with E-state index in [1.165, 1.54) is 24.4 Å². The summed E-state index contributed by atoms with van der Waals surface area (Å²) in [6, 6.07) is -2.36. The minimum atomic E-state index is -4.11. The van der Waals surface area contributed by atoms with Gasteiger partial charge < -0.3 is 15.7 Å². The van der Waals surface area contributed by atoms with E-state index in [-0.39, 0.29) is 25.2 Å². The predicted octanol–water partition coefficient (Wildman–Crippen LogP) is 0.715. The number of likely N-dealkylation sites (tertiary alicyclic amines) is 1. The molecule has 2 unspecified atom stereocenters. The lowest BCUT2D eigenvalue weighted by Gasteiger charge is -2.25. The highest BCUT2D eigenvalue weighted by Gasteiger charge is 2.40. The molecule has 0 aromatic heterocycles. The summed E-state index contributed by atoms with van der Waals surface area (Å²) in [5.74, 6) is -1.78. The quantitative estimate of drug-likeness (QED) is 0.175. The number of aliphatic carboxylic acids is 1. The van der Waals surface area contributed by atoms with Crippen LogP contribution in [0.5, 0.6) is 0 Å². The minimum absolute atomic E-state index is 0.0500. The molecule has 0 spiro atoms. The number of nitrogens with one attached hydrogen (secondary N) is 1. The van der Waals surface area contributed by atoms with Crippen LogP contribution in [0.25, 0.3) is 0 Å². The summed E-state index contributed by atoms with van der Waals surface area (Å²) in [5, 5.41) is 9.70. The zero-order valence-electron chi connectivity index (χ0n) is 17.0. The van der Waals surface area contributed by atoms with Crippen molar-refractivity contribution in [1.82, 2.24) is 9.62 Å². The van der Waals surface area contributed by atoms with Crippen LogP contribution < -0.4 is 10.5 Å². The summed E-state index contributed by atoms with van der Waals surface area (Å²) in [5.41, 5.74) is 7.34. The van der Waals surface area contributed by atoms with Gasteiger partial charge in [-0.25, -0.2) is 22.9 Å². The monoisotopic (exact) mass is 444 g/mol. The Morgan fingerprint density at radius 2 is 1.97 bits per heavy atom. The van der Waals surface area contributed by atoms with Crippen LogP contribution in [-0.2, 0) is 19.5 Å². The number of aliphatic imine (C=N–C) groups is 1. The molecule has 1 fully saturated rings. The van der Waals surface area contributed by atoms with Gasteiger partial charge in [-0.2, -0.15) is 0 Å².